The lowest BCUT2D eigenvalue weighted by Crippen LogP contribution is -2.76. The number of carbonyl (C=O) groups is 2. The Labute approximate surface area is 251 Å². The number of nitrogen functional groups attached to an aromatic ring is 1. The second-order valence-corrected chi connectivity index (χ2v) is 12.5. The number of imidazole rings is 1. The van der Waals surface area contributed by atoms with Gasteiger partial charge in [0.15, 0.2) is 23.2 Å². The van der Waals surface area contributed by atoms with Crippen LogP contribution in [0.3, 0.4) is 0 Å². The Bertz CT molecular complexity index is 1660. The fourth-order valence-electron chi connectivity index (χ4n) is 5.13. The number of oxime groups is 1. The number of nitrogens with two attached hydrogens (primary N) is 1. The number of aryl methyl sites for hydroxylation is 1. The molecule has 0 spiro atoms. The van der Waals surface area contributed by atoms with Gasteiger partial charge in [-0.15, -0.1) is 11.3 Å². The maximum Gasteiger partial charge on any atom is 0.286 e. The van der Waals surface area contributed by atoms with Crippen molar-refractivity contribution in [1.29, 1.82) is 0 Å². The minimum Gasteiger partial charge on any atom is -0.724 e. The number of ether oxygens (including phenoxy) is 1. The molecule has 2 saturated heterocycles. The molecule has 2 aliphatic heterocycles. The zero-order valence-corrected chi connectivity index (χ0v) is 25.3. The molecule has 5 rings (SSSR count). The van der Waals surface area contributed by atoms with Crippen molar-refractivity contribution in [3.8, 4) is 5.75 Å². The van der Waals surface area contributed by atoms with Crippen molar-refractivity contribution in [2.45, 2.75) is 44.2 Å². The minimum atomic E-state index is -5.19. The van der Waals surface area contributed by atoms with E-state index in [1.165, 1.54) is 24.9 Å². The Kier molecular flexibility index (Phi) is 8.57. The van der Waals surface area contributed by atoms with Gasteiger partial charge >= 0.3 is 0 Å². The number of hydrogen-bond acceptors (Lipinski definition) is 13. The van der Waals surface area contributed by atoms with Gasteiger partial charge in [0.05, 0.1) is 12.6 Å². The number of carbonyl (C=O) groups excluding carboxylic acids is 2. The Balaban J connectivity index is 1.21. The van der Waals surface area contributed by atoms with Crippen molar-refractivity contribution in [2.24, 2.45) is 12.2 Å². The molecule has 0 aliphatic carbocycles. The summed E-state index contributed by atoms with van der Waals surface area (Å²) < 4.78 is 47.1. The number of hydroxylamine groups is 2. The molecule has 3 aromatic rings. The van der Waals surface area contributed by atoms with E-state index in [2.05, 4.69) is 42.9 Å². The number of β-lactam (4-membered cyclic amide) rings is 1. The van der Waals surface area contributed by atoms with Gasteiger partial charge in [-0.1, -0.05) is 5.16 Å². The number of piperidine rings is 1. The largest absolute Gasteiger partial charge is 0.724 e. The van der Waals surface area contributed by atoms with Crippen LogP contribution in [0.15, 0.2) is 35.1 Å². The zero-order chi connectivity index (χ0) is 30.9. The zero-order valence-electron chi connectivity index (χ0n) is 23.7. The SMILES string of the molecule is C[n+]1c(C2CCCNC2)cn2cc(OCCO/N=C(\C(=O)N[C@@H]3C(=O)N(OS(=O)(=O)[O-])C3(C)C)c3csc(N)n3)ccc21. The van der Waals surface area contributed by atoms with Crippen LogP contribution in [-0.4, -0.2) is 82.8 Å². The van der Waals surface area contributed by atoms with E-state index in [1.54, 1.807) is 0 Å². The number of amides is 2. The molecule has 18 heteroatoms. The summed E-state index contributed by atoms with van der Waals surface area (Å²) in [5.74, 6) is -0.701. The third-order valence-electron chi connectivity index (χ3n) is 7.34. The van der Waals surface area contributed by atoms with Crippen LogP contribution in [0.5, 0.6) is 5.75 Å². The van der Waals surface area contributed by atoms with Crippen molar-refractivity contribution >= 4 is 50.0 Å². The molecule has 4 N–H and O–H groups in total. The lowest BCUT2D eigenvalue weighted by molar-refractivity contribution is -0.653. The molecule has 0 radical (unpaired) electrons. The van der Waals surface area contributed by atoms with Crippen molar-refractivity contribution in [1.82, 2.24) is 25.1 Å². The summed E-state index contributed by atoms with van der Waals surface area (Å²) in [6, 6.07) is 2.62. The molecule has 2 amide bonds. The van der Waals surface area contributed by atoms with E-state index in [0.29, 0.717) is 16.7 Å². The van der Waals surface area contributed by atoms with E-state index in [-0.39, 0.29) is 29.8 Å². The minimum absolute atomic E-state index is 0.0241. The van der Waals surface area contributed by atoms with Gasteiger partial charge < -0.3 is 30.5 Å². The highest BCUT2D eigenvalue weighted by Gasteiger charge is 2.57. The number of anilines is 1. The highest BCUT2D eigenvalue weighted by atomic mass is 32.3. The van der Waals surface area contributed by atoms with Crippen LogP contribution in [0.1, 0.15) is 44.0 Å². The average molecular weight is 637 g/mol. The maximum atomic E-state index is 13.1. The van der Waals surface area contributed by atoms with Crippen LogP contribution < -0.4 is 25.7 Å². The molecule has 2 fully saturated rings. The molecular formula is C25H32N8O8S2. The van der Waals surface area contributed by atoms with Crippen LogP contribution in [0, 0.1) is 0 Å². The first-order chi connectivity index (χ1) is 20.3. The third kappa shape index (κ3) is 6.57. The summed E-state index contributed by atoms with van der Waals surface area (Å²) in [5.41, 5.74) is 6.49. The van der Waals surface area contributed by atoms with Crippen molar-refractivity contribution < 1.29 is 41.0 Å². The fraction of sp³-hybridized carbons (Fsp3) is 0.480. The summed E-state index contributed by atoms with van der Waals surface area (Å²) in [6.45, 7) is 4.91. The summed E-state index contributed by atoms with van der Waals surface area (Å²) in [7, 11) is -3.14. The fourth-order valence-corrected chi connectivity index (χ4v) is 6.13. The number of pyridine rings is 1. The number of nitrogens with zero attached hydrogens (tertiary/aromatic N) is 5. The first kappa shape index (κ1) is 30.6. The number of nitrogens with one attached hydrogen (secondary N) is 2. The molecular weight excluding hydrogens is 604 g/mol. The van der Waals surface area contributed by atoms with Crippen molar-refractivity contribution in [3.05, 3.63) is 41.3 Å². The summed E-state index contributed by atoms with van der Waals surface area (Å²) in [4.78, 5) is 35.0. The van der Waals surface area contributed by atoms with Gasteiger partial charge in [-0.2, -0.15) is 13.7 Å². The molecule has 16 nitrogen and oxygen atoms in total. The van der Waals surface area contributed by atoms with Gasteiger partial charge in [-0.25, -0.2) is 18.0 Å². The van der Waals surface area contributed by atoms with Gasteiger partial charge in [0.2, 0.25) is 10.4 Å². The smallest absolute Gasteiger partial charge is 0.286 e. The van der Waals surface area contributed by atoms with Gasteiger partial charge in [-0.3, -0.25) is 9.59 Å². The molecule has 0 bridgehead atoms. The second-order valence-electron chi connectivity index (χ2n) is 10.7. The molecule has 43 heavy (non-hydrogen) atoms. The van der Waals surface area contributed by atoms with Crippen molar-refractivity contribution in [2.75, 3.05) is 32.0 Å². The highest BCUT2D eigenvalue weighted by Crippen LogP contribution is 2.33. The monoisotopic (exact) mass is 636 g/mol. The van der Waals surface area contributed by atoms with Crippen LogP contribution >= 0.6 is 11.3 Å². The predicted octanol–water partition coefficient (Wildman–Crippen LogP) is -0.433. The molecule has 0 saturated carbocycles. The standard InChI is InChI=1S/C25H32N8O8S2/c1-25(2)21(23(35)33(25)41-43(36,37)38)29-22(34)20(17-14-42-24(26)28-17)30-40-10-9-39-16-6-7-19-31(3)18(13-32(19)12-16)15-5-4-8-27-11-15/h6-7,12-15,21,27H,4-5,8-11H2,1-3H3,(H3-,26,28,29,34,36,37,38)/b30-20-/t15?,21-/m1/s1. The molecule has 232 valence electrons. The second kappa shape index (κ2) is 12.0. The Hall–Kier alpha value is -3.84. The summed E-state index contributed by atoms with van der Waals surface area (Å²) >= 11 is 1.07. The Morgan fingerprint density at radius 2 is 2.14 bits per heavy atom. The molecule has 3 aromatic heterocycles. The van der Waals surface area contributed by atoms with Crippen LogP contribution in [0.4, 0.5) is 5.13 Å². The molecule has 0 aromatic carbocycles. The van der Waals surface area contributed by atoms with Gasteiger partial charge in [-0.05, 0) is 39.3 Å². The van der Waals surface area contributed by atoms with E-state index >= 15 is 0 Å². The average Bonchev–Trinajstić information content (AvgIpc) is 3.54. The van der Waals surface area contributed by atoms with E-state index in [4.69, 9.17) is 15.3 Å². The van der Waals surface area contributed by atoms with E-state index in [9.17, 15) is 22.6 Å². The topological polar surface area (TPSA) is 206 Å². The van der Waals surface area contributed by atoms with Gasteiger partial charge in [0.1, 0.15) is 36.4 Å². The van der Waals surface area contributed by atoms with E-state index < -0.39 is 33.8 Å². The van der Waals surface area contributed by atoms with Crippen LogP contribution in [0.25, 0.3) is 5.65 Å². The van der Waals surface area contributed by atoms with E-state index in [1.807, 2.05) is 22.7 Å². The van der Waals surface area contributed by atoms with Gasteiger partial charge in [0, 0.05) is 23.9 Å². The maximum absolute atomic E-state index is 13.1. The summed E-state index contributed by atoms with van der Waals surface area (Å²) in [5, 5.41) is 11.9. The highest BCUT2D eigenvalue weighted by molar-refractivity contribution is 7.80. The molecule has 2 aliphatic rings. The normalized spacial score (nSPS) is 20.6. The van der Waals surface area contributed by atoms with Crippen LogP contribution in [0.2, 0.25) is 0 Å². The lowest BCUT2D eigenvalue weighted by atomic mass is 9.84. The Morgan fingerprint density at radius 1 is 1.35 bits per heavy atom. The first-order valence-corrected chi connectivity index (χ1v) is 15.6. The number of rotatable bonds is 11. The molecule has 5 heterocycles. The predicted molar refractivity (Wildman–Crippen MR) is 152 cm³/mol. The number of thiazole rings is 1. The third-order valence-corrected chi connectivity index (χ3v) is 8.35. The van der Waals surface area contributed by atoms with Crippen molar-refractivity contribution in [3.63, 3.8) is 0 Å². The lowest BCUT2D eigenvalue weighted by Gasteiger charge is -2.51. The summed E-state index contributed by atoms with van der Waals surface area (Å²) in [6.07, 6.45) is 6.29. The quantitative estimate of drug-likeness (QED) is 0.0468. The number of aromatic nitrogens is 3. The Morgan fingerprint density at radius 3 is 2.79 bits per heavy atom. The molecule has 1 unspecified atom stereocenters. The number of hydrogen-bond donors (Lipinski definition) is 3. The van der Waals surface area contributed by atoms with Gasteiger partial charge in [0.25, 0.3) is 17.5 Å². The first-order valence-electron chi connectivity index (χ1n) is 13.4. The van der Waals surface area contributed by atoms with E-state index in [0.717, 1.165) is 42.9 Å². The number of fused-ring (bicyclic) bond motifs is 1. The van der Waals surface area contributed by atoms with Crippen LogP contribution in [-0.2, 0) is 36.2 Å². The molecule has 2 atom stereocenters.